The molecule has 0 bridgehead atoms. The summed E-state index contributed by atoms with van der Waals surface area (Å²) in [6.45, 7) is 5.57. The molecule has 0 radical (unpaired) electrons. The van der Waals surface area contributed by atoms with E-state index in [9.17, 15) is 4.79 Å². The van der Waals surface area contributed by atoms with Crippen LogP contribution in [0.15, 0.2) is 18.2 Å². The van der Waals surface area contributed by atoms with Crippen molar-refractivity contribution in [2.24, 2.45) is 0 Å². The van der Waals surface area contributed by atoms with Crippen molar-refractivity contribution in [2.45, 2.75) is 32.7 Å². The first-order chi connectivity index (χ1) is 10.1. The van der Waals surface area contributed by atoms with Crippen LogP contribution in [-0.4, -0.2) is 42.1 Å². The molecule has 1 N–H and O–H groups in total. The highest BCUT2D eigenvalue weighted by atomic mass is 16.5. The topological polar surface area (TPSA) is 45.3 Å². The minimum atomic E-state index is 0.112. The summed E-state index contributed by atoms with van der Waals surface area (Å²) in [5.41, 5.74) is 4.07. The molecule has 4 nitrogen and oxygen atoms in total. The molecule has 2 aromatic rings. The van der Waals surface area contributed by atoms with Gasteiger partial charge in [-0.15, -0.1) is 0 Å². The predicted molar refractivity (Wildman–Crippen MR) is 83.7 cm³/mol. The average Bonchev–Trinajstić information content (AvgIpc) is 3.05. The smallest absolute Gasteiger partial charge is 0.256 e. The van der Waals surface area contributed by atoms with Crippen LogP contribution < -0.4 is 0 Å². The Balaban J connectivity index is 2.00. The molecule has 21 heavy (non-hydrogen) atoms. The third-order valence-corrected chi connectivity index (χ3v) is 4.57. The Morgan fingerprint density at radius 1 is 1.43 bits per heavy atom. The van der Waals surface area contributed by atoms with Gasteiger partial charge in [-0.05, 0) is 38.3 Å². The molecule has 112 valence electrons. The van der Waals surface area contributed by atoms with Crippen LogP contribution in [0.1, 0.15) is 34.5 Å². The van der Waals surface area contributed by atoms with E-state index >= 15 is 0 Å². The zero-order chi connectivity index (χ0) is 15.0. The number of aromatic amines is 1. The molecule has 3 rings (SSSR count). The van der Waals surface area contributed by atoms with Crippen molar-refractivity contribution in [3.05, 3.63) is 35.0 Å². The summed E-state index contributed by atoms with van der Waals surface area (Å²) in [7, 11) is 1.69. The molecule has 1 aromatic heterocycles. The summed E-state index contributed by atoms with van der Waals surface area (Å²) < 4.78 is 5.25. The van der Waals surface area contributed by atoms with Gasteiger partial charge in [-0.1, -0.05) is 12.1 Å². The van der Waals surface area contributed by atoms with Gasteiger partial charge < -0.3 is 14.6 Å². The highest BCUT2D eigenvalue weighted by molar-refractivity contribution is 6.06. The van der Waals surface area contributed by atoms with E-state index in [4.69, 9.17) is 4.74 Å². The molecule has 1 aliphatic rings. The van der Waals surface area contributed by atoms with Crippen molar-refractivity contribution in [3.8, 4) is 0 Å². The average molecular weight is 286 g/mol. The Labute approximate surface area is 125 Å². The number of para-hydroxylation sites is 1. The lowest BCUT2D eigenvalue weighted by Crippen LogP contribution is -2.38. The van der Waals surface area contributed by atoms with Crippen LogP contribution in [0, 0.1) is 13.8 Å². The minimum absolute atomic E-state index is 0.112. The number of H-pyrrole nitrogens is 1. The van der Waals surface area contributed by atoms with Gasteiger partial charge in [0.05, 0.1) is 23.7 Å². The standard InChI is InChI=1S/C17H22N2O2/c1-11-12(2)18-16-14(11)7-4-8-15(16)17(20)19-9-5-6-13(19)10-21-3/h4,7-8,13,18H,5-6,9-10H2,1-3H3/t13-/m1/s1. The third-order valence-electron chi connectivity index (χ3n) is 4.57. The van der Waals surface area contributed by atoms with Crippen LogP contribution in [0.5, 0.6) is 0 Å². The van der Waals surface area contributed by atoms with E-state index < -0.39 is 0 Å². The Bertz CT molecular complexity index is 675. The van der Waals surface area contributed by atoms with E-state index in [2.05, 4.69) is 18.0 Å². The third kappa shape index (κ3) is 2.33. The first-order valence-corrected chi connectivity index (χ1v) is 7.51. The molecular weight excluding hydrogens is 264 g/mol. The number of aromatic nitrogens is 1. The van der Waals surface area contributed by atoms with Crippen molar-refractivity contribution in [2.75, 3.05) is 20.3 Å². The highest BCUT2D eigenvalue weighted by Crippen LogP contribution is 2.27. The maximum absolute atomic E-state index is 12.9. The number of rotatable bonds is 3. The first kappa shape index (κ1) is 14.1. The van der Waals surface area contributed by atoms with Crippen LogP contribution >= 0.6 is 0 Å². The summed E-state index contributed by atoms with van der Waals surface area (Å²) in [6.07, 6.45) is 2.08. The number of nitrogens with zero attached hydrogens (tertiary/aromatic N) is 1. The second kappa shape index (κ2) is 5.53. The number of hydrogen-bond donors (Lipinski definition) is 1. The fraction of sp³-hybridized carbons (Fsp3) is 0.471. The number of ether oxygens (including phenoxy) is 1. The molecule has 1 saturated heterocycles. The number of nitrogens with one attached hydrogen (secondary N) is 1. The van der Waals surface area contributed by atoms with E-state index in [1.54, 1.807) is 7.11 Å². The van der Waals surface area contributed by atoms with E-state index in [0.717, 1.165) is 41.5 Å². The normalized spacial score (nSPS) is 18.6. The number of hydrogen-bond acceptors (Lipinski definition) is 2. The van der Waals surface area contributed by atoms with Crippen LogP contribution in [0.25, 0.3) is 10.9 Å². The molecule has 1 fully saturated rings. The summed E-state index contributed by atoms with van der Waals surface area (Å²) in [6, 6.07) is 6.16. The van der Waals surface area contributed by atoms with Crippen molar-refractivity contribution in [1.82, 2.24) is 9.88 Å². The summed E-state index contributed by atoms with van der Waals surface area (Å²) in [5, 5.41) is 1.14. The predicted octanol–water partition coefficient (Wildman–Crippen LogP) is 3.04. The monoisotopic (exact) mass is 286 g/mol. The summed E-state index contributed by atoms with van der Waals surface area (Å²) in [5.74, 6) is 0.112. The molecule has 0 unspecified atom stereocenters. The van der Waals surface area contributed by atoms with Crippen LogP contribution in [0.4, 0.5) is 0 Å². The SMILES string of the molecule is COC[C@H]1CCCN1C(=O)c1cccc2c(C)c(C)[nH]c12. The Morgan fingerprint density at radius 3 is 3.00 bits per heavy atom. The fourth-order valence-electron chi connectivity index (χ4n) is 3.28. The lowest BCUT2D eigenvalue weighted by atomic mass is 10.1. The molecule has 0 aliphatic carbocycles. The second-order valence-electron chi connectivity index (χ2n) is 5.85. The van der Waals surface area contributed by atoms with E-state index in [1.807, 2.05) is 24.0 Å². The van der Waals surface area contributed by atoms with Gasteiger partial charge in [0.2, 0.25) is 0 Å². The van der Waals surface area contributed by atoms with E-state index in [-0.39, 0.29) is 11.9 Å². The van der Waals surface area contributed by atoms with Crippen LogP contribution in [-0.2, 0) is 4.74 Å². The number of amides is 1. The van der Waals surface area contributed by atoms with Gasteiger partial charge in [-0.2, -0.15) is 0 Å². The lowest BCUT2D eigenvalue weighted by molar-refractivity contribution is 0.0632. The zero-order valence-corrected chi connectivity index (χ0v) is 12.9. The number of fused-ring (bicyclic) bond motifs is 1. The molecule has 1 atom stereocenters. The molecule has 1 aromatic carbocycles. The van der Waals surface area contributed by atoms with Gasteiger partial charge >= 0.3 is 0 Å². The first-order valence-electron chi connectivity index (χ1n) is 7.51. The molecule has 1 aliphatic heterocycles. The van der Waals surface area contributed by atoms with Gasteiger partial charge in [-0.3, -0.25) is 4.79 Å². The fourth-order valence-corrected chi connectivity index (χ4v) is 3.28. The van der Waals surface area contributed by atoms with Crippen molar-refractivity contribution >= 4 is 16.8 Å². The maximum Gasteiger partial charge on any atom is 0.256 e. The number of benzene rings is 1. The highest BCUT2D eigenvalue weighted by Gasteiger charge is 2.30. The summed E-state index contributed by atoms with van der Waals surface area (Å²) >= 11 is 0. The Hall–Kier alpha value is -1.81. The molecule has 0 saturated carbocycles. The molecular formula is C17H22N2O2. The van der Waals surface area contributed by atoms with E-state index in [0.29, 0.717) is 6.61 Å². The van der Waals surface area contributed by atoms with Gasteiger partial charge in [0, 0.05) is 24.7 Å². The van der Waals surface area contributed by atoms with Gasteiger partial charge in [0.15, 0.2) is 0 Å². The number of carbonyl (C=O) groups excluding carboxylic acids is 1. The lowest BCUT2D eigenvalue weighted by Gasteiger charge is -2.24. The molecule has 4 heteroatoms. The molecule has 0 spiro atoms. The summed E-state index contributed by atoms with van der Waals surface area (Å²) in [4.78, 5) is 18.2. The van der Waals surface area contributed by atoms with Gasteiger partial charge in [-0.25, -0.2) is 0 Å². The van der Waals surface area contributed by atoms with Crippen LogP contribution in [0.2, 0.25) is 0 Å². The quantitative estimate of drug-likeness (QED) is 0.942. The zero-order valence-electron chi connectivity index (χ0n) is 12.9. The van der Waals surface area contributed by atoms with Gasteiger partial charge in [0.1, 0.15) is 0 Å². The van der Waals surface area contributed by atoms with Crippen molar-refractivity contribution in [3.63, 3.8) is 0 Å². The van der Waals surface area contributed by atoms with Crippen molar-refractivity contribution < 1.29 is 9.53 Å². The number of aryl methyl sites for hydroxylation is 2. The number of likely N-dealkylation sites (tertiary alicyclic amines) is 1. The Morgan fingerprint density at radius 2 is 2.24 bits per heavy atom. The maximum atomic E-state index is 12.9. The molecule has 2 heterocycles. The van der Waals surface area contributed by atoms with Gasteiger partial charge in [0.25, 0.3) is 5.91 Å². The van der Waals surface area contributed by atoms with E-state index in [1.165, 1.54) is 5.56 Å². The minimum Gasteiger partial charge on any atom is -0.383 e. The molecule has 1 amide bonds. The number of methoxy groups -OCH3 is 1. The largest absolute Gasteiger partial charge is 0.383 e. The van der Waals surface area contributed by atoms with Crippen molar-refractivity contribution in [1.29, 1.82) is 0 Å². The van der Waals surface area contributed by atoms with Crippen LogP contribution in [0.3, 0.4) is 0 Å². The Kier molecular flexibility index (Phi) is 3.72. The second-order valence-corrected chi connectivity index (χ2v) is 5.85. The number of carbonyl (C=O) groups is 1.